The number of hydrogen-bond donors (Lipinski definition) is 0. The molecule has 1 aromatic heterocycles. The van der Waals surface area contributed by atoms with E-state index < -0.39 is 16.1 Å². The molecule has 0 aliphatic carbocycles. The molecule has 72 heavy (non-hydrogen) atoms. The molecule has 0 N–H and O–H groups in total. The second-order valence-electron chi connectivity index (χ2n) is 19.4. The quantitative estimate of drug-likeness (QED) is 0.131. The number of rotatable bonds is 9. The van der Waals surface area contributed by atoms with Crippen LogP contribution >= 0.6 is 0 Å². The molecule has 1 aliphatic heterocycles. The van der Waals surface area contributed by atoms with Gasteiger partial charge in [-0.3, -0.25) is 0 Å². The van der Waals surface area contributed by atoms with Gasteiger partial charge in [0.05, 0.1) is 11.0 Å². The lowest BCUT2D eigenvalue weighted by atomic mass is 10.0. The lowest BCUT2D eigenvalue weighted by Crippen LogP contribution is -2.93. The smallest absolute Gasteiger partial charge is 0.179 e. The van der Waals surface area contributed by atoms with Crippen molar-refractivity contribution in [1.29, 1.82) is 0 Å². The average molecular weight is 953 g/mol. The van der Waals surface area contributed by atoms with Crippen LogP contribution in [-0.2, 0) is 0 Å². The van der Waals surface area contributed by atoms with Crippen molar-refractivity contribution in [1.82, 2.24) is 4.57 Å². The Morgan fingerprint density at radius 2 is 0.681 bits per heavy atom. The van der Waals surface area contributed by atoms with Gasteiger partial charge in [-0.15, -0.1) is 0 Å². The molecular weight excluding hydrogens is 901 g/mol. The van der Waals surface area contributed by atoms with Crippen LogP contribution in [0, 0.1) is 13.8 Å². The minimum absolute atomic E-state index is 1.11. The van der Waals surface area contributed by atoms with E-state index in [0.29, 0.717) is 0 Å². The molecule has 4 heteroatoms. The number of benzene rings is 11. The second kappa shape index (κ2) is 17.7. The van der Waals surface area contributed by atoms with E-state index in [1.807, 2.05) is 0 Å². The fourth-order valence-electron chi connectivity index (χ4n) is 12.2. The van der Waals surface area contributed by atoms with Crippen LogP contribution in [0.2, 0.25) is 0 Å². The van der Waals surface area contributed by atoms with Crippen LogP contribution in [0.4, 0.5) is 17.1 Å². The molecule has 0 saturated carbocycles. The summed E-state index contributed by atoms with van der Waals surface area (Å²) in [5.74, 6) is 0. The SMILES string of the molecule is Cc1ccc(N(c2ccc(C)cc2)c2ccc3c(c2)c2cc(-c4ccccc4)ccc2n3-c2cccc([Si]3(c4ccccc4)c4ccccc4[Si](c4ccccc4)(c4ccccc4)c4ccccc43)c2)cc1. The summed E-state index contributed by atoms with van der Waals surface area (Å²) in [4.78, 5) is 2.39. The van der Waals surface area contributed by atoms with E-state index in [-0.39, 0.29) is 0 Å². The molecule has 0 radical (unpaired) electrons. The summed E-state index contributed by atoms with van der Waals surface area (Å²) >= 11 is 0. The first-order chi connectivity index (χ1) is 35.5. The third kappa shape index (κ3) is 6.82. The summed E-state index contributed by atoms with van der Waals surface area (Å²) in [6.07, 6.45) is 0. The second-order valence-corrected chi connectivity index (χ2v) is 26.8. The van der Waals surface area contributed by atoms with Crippen LogP contribution in [0.25, 0.3) is 38.6 Å². The van der Waals surface area contributed by atoms with E-state index in [1.165, 1.54) is 85.6 Å². The fourth-order valence-corrected chi connectivity index (χ4v) is 24.3. The molecule has 13 rings (SSSR count). The Bertz CT molecular complexity index is 3790. The Morgan fingerprint density at radius 3 is 1.17 bits per heavy atom. The van der Waals surface area contributed by atoms with Gasteiger partial charge in [0.25, 0.3) is 0 Å². The van der Waals surface area contributed by atoms with Crippen molar-refractivity contribution in [2.45, 2.75) is 13.8 Å². The standard InChI is InChI=1S/C68H52N2Si2/c1-49-34-39-53(40-35-49)69(54-41-36-50(2)37-42-54)56-43-45-64-62(48-56)61-46-52(51-20-7-3-8-21-51)38-44-63(61)70(64)55-22-19-29-60(47-55)72(59-27-13-6-14-28-59)67-32-17-15-30-65(67)71(57-23-9-4-10-24-57,58-25-11-5-12-26-58)66-31-16-18-33-68(66)72/h3-48H,1-2H3. The van der Waals surface area contributed by atoms with Gasteiger partial charge in [0.1, 0.15) is 0 Å². The van der Waals surface area contributed by atoms with Crippen molar-refractivity contribution < 1.29 is 0 Å². The van der Waals surface area contributed by atoms with E-state index in [2.05, 4.69) is 302 Å². The minimum atomic E-state index is -3.06. The Labute approximate surface area is 424 Å². The van der Waals surface area contributed by atoms with Gasteiger partial charge < -0.3 is 9.47 Å². The normalized spacial score (nSPS) is 13.4. The highest BCUT2D eigenvalue weighted by atomic mass is 28.3. The Hall–Kier alpha value is -8.55. The van der Waals surface area contributed by atoms with Crippen molar-refractivity contribution in [3.63, 3.8) is 0 Å². The average Bonchev–Trinajstić information content (AvgIpc) is 3.77. The molecule has 11 aromatic carbocycles. The van der Waals surface area contributed by atoms with Gasteiger partial charge in [0.15, 0.2) is 16.1 Å². The van der Waals surface area contributed by atoms with Gasteiger partial charge in [-0.1, -0.05) is 223 Å². The predicted octanol–water partition coefficient (Wildman–Crippen LogP) is 11.6. The Kier molecular flexibility index (Phi) is 10.7. The number of aryl methyl sites for hydroxylation is 2. The van der Waals surface area contributed by atoms with Gasteiger partial charge in [-0.05, 0) is 133 Å². The number of hydrogen-bond acceptors (Lipinski definition) is 1. The molecule has 2 nitrogen and oxygen atoms in total. The molecule has 1 aliphatic rings. The van der Waals surface area contributed by atoms with Crippen LogP contribution in [-0.4, -0.2) is 20.7 Å². The topological polar surface area (TPSA) is 8.17 Å². The van der Waals surface area contributed by atoms with Gasteiger partial charge in [0.2, 0.25) is 0 Å². The zero-order chi connectivity index (χ0) is 48.2. The predicted molar refractivity (Wildman–Crippen MR) is 311 cm³/mol. The molecular formula is C68H52N2Si2. The van der Waals surface area contributed by atoms with Gasteiger partial charge in [-0.2, -0.15) is 0 Å². The highest BCUT2D eigenvalue weighted by Crippen LogP contribution is 2.41. The minimum Gasteiger partial charge on any atom is -0.310 e. The third-order valence-electron chi connectivity index (χ3n) is 15.3. The number of nitrogens with zero attached hydrogens (tertiary/aromatic N) is 2. The van der Waals surface area contributed by atoms with E-state index in [1.54, 1.807) is 0 Å². The summed E-state index contributed by atoms with van der Waals surface area (Å²) in [6.45, 7) is 4.31. The fraction of sp³-hybridized carbons (Fsp3) is 0.0294. The van der Waals surface area contributed by atoms with Crippen molar-refractivity contribution in [3.05, 3.63) is 290 Å². The first-order valence-electron chi connectivity index (χ1n) is 25.1. The van der Waals surface area contributed by atoms with Crippen molar-refractivity contribution in [2.24, 2.45) is 0 Å². The zero-order valence-electron chi connectivity index (χ0n) is 40.5. The van der Waals surface area contributed by atoms with E-state index in [9.17, 15) is 0 Å². The molecule has 0 unspecified atom stereocenters. The highest BCUT2D eigenvalue weighted by Gasteiger charge is 2.56. The number of fused-ring (bicyclic) bond motifs is 5. The molecule has 0 saturated heterocycles. The van der Waals surface area contributed by atoms with Crippen LogP contribution < -0.4 is 46.4 Å². The Morgan fingerprint density at radius 1 is 0.292 bits per heavy atom. The Balaban J connectivity index is 1.08. The first-order valence-corrected chi connectivity index (χ1v) is 29.1. The molecule has 0 spiro atoms. The van der Waals surface area contributed by atoms with Crippen LogP contribution in [0.3, 0.4) is 0 Å². The largest absolute Gasteiger partial charge is 0.310 e. The molecule has 0 fully saturated rings. The maximum absolute atomic E-state index is 3.06. The van der Waals surface area contributed by atoms with E-state index >= 15 is 0 Å². The molecule has 2 heterocycles. The van der Waals surface area contributed by atoms with Gasteiger partial charge in [0, 0.05) is 33.5 Å². The summed E-state index contributed by atoms with van der Waals surface area (Å²) < 4.78 is 2.52. The molecule has 342 valence electrons. The van der Waals surface area contributed by atoms with Crippen LogP contribution in [0.15, 0.2) is 279 Å². The molecule has 0 bridgehead atoms. The van der Waals surface area contributed by atoms with Crippen molar-refractivity contribution >= 4 is 96.5 Å². The summed E-state index contributed by atoms with van der Waals surface area (Å²) in [6, 6.07) is 106. The van der Waals surface area contributed by atoms with Crippen LogP contribution in [0.1, 0.15) is 11.1 Å². The summed E-state index contributed by atoms with van der Waals surface area (Å²) in [5.41, 5.74) is 11.7. The summed E-state index contributed by atoms with van der Waals surface area (Å²) in [7, 11) is -5.90. The summed E-state index contributed by atoms with van der Waals surface area (Å²) in [5, 5.41) is 13.9. The molecule has 0 atom stereocenters. The van der Waals surface area contributed by atoms with Crippen LogP contribution in [0.5, 0.6) is 0 Å². The maximum Gasteiger partial charge on any atom is 0.179 e. The van der Waals surface area contributed by atoms with Gasteiger partial charge in [-0.25, -0.2) is 0 Å². The zero-order valence-corrected chi connectivity index (χ0v) is 42.5. The lowest BCUT2D eigenvalue weighted by Gasteiger charge is -2.48. The van der Waals surface area contributed by atoms with E-state index in [0.717, 1.165) is 22.7 Å². The van der Waals surface area contributed by atoms with E-state index in [4.69, 9.17) is 0 Å². The molecule has 12 aromatic rings. The monoisotopic (exact) mass is 952 g/mol. The number of anilines is 3. The van der Waals surface area contributed by atoms with Crippen molar-refractivity contribution in [3.8, 4) is 16.8 Å². The third-order valence-corrected chi connectivity index (χ3v) is 25.6. The van der Waals surface area contributed by atoms with Gasteiger partial charge >= 0.3 is 0 Å². The maximum atomic E-state index is 2.55. The lowest BCUT2D eigenvalue weighted by molar-refractivity contribution is 1.18. The first kappa shape index (κ1) is 43.5. The molecule has 0 amide bonds. The highest BCUT2D eigenvalue weighted by molar-refractivity contribution is 7.32. The number of aromatic nitrogens is 1. The van der Waals surface area contributed by atoms with Crippen molar-refractivity contribution in [2.75, 3.05) is 4.90 Å².